The van der Waals surface area contributed by atoms with Crippen molar-refractivity contribution < 1.29 is 9.90 Å². The highest BCUT2D eigenvalue weighted by Gasteiger charge is 2.09. The van der Waals surface area contributed by atoms with Gasteiger partial charge < -0.3 is 10.4 Å². The number of aliphatic hydroxyl groups excluding tert-OH is 1. The number of carbonyl (C=O) groups is 1. The van der Waals surface area contributed by atoms with Crippen LogP contribution in [0.1, 0.15) is 13.3 Å². The van der Waals surface area contributed by atoms with Gasteiger partial charge in [0.05, 0.1) is 17.2 Å². The molecule has 6 heteroatoms. The van der Waals surface area contributed by atoms with Gasteiger partial charge in [-0.25, -0.2) is 4.98 Å². The highest BCUT2D eigenvalue weighted by atomic mass is 16.3. The summed E-state index contributed by atoms with van der Waals surface area (Å²) in [5.41, 5.74) is 0.398. The number of nitrogens with zero attached hydrogens (tertiary/aromatic N) is 2. The van der Waals surface area contributed by atoms with E-state index in [1.54, 1.807) is 18.2 Å². The number of aliphatic hydroxyl groups is 1. The summed E-state index contributed by atoms with van der Waals surface area (Å²) in [5, 5.41) is 12.1. The fraction of sp³-hybridized carbons (Fsp3) is 0.400. The Kier molecular flexibility index (Phi) is 5.05. The van der Waals surface area contributed by atoms with Crippen LogP contribution >= 0.6 is 0 Å². The van der Waals surface area contributed by atoms with Crippen LogP contribution in [0.2, 0.25) is 0 Å². The third kappa shape index (κ3) is 3.88. The van der Waals surface area contributed by atoms with Crippen molar-refractivity contribution in [3.8, 4) is 0 Å². The van der Waals surface area contributed by atoms with Crippen molar-refractivity contribution in [2.45, 2.75) is 19.9 Å². The first-order valence-corrected chi connectivity index (χ1v) is 6.93. The molecule has 2 N–H and O–H groups in total. The monoisotopic (exact) mass is 289 g/mol. The molecule has 0 spiro atoms. The summed E-state index contributed by atoms with van der Waals surface area (Å²) < 4.78 is 1.30. The molecule has 1 amide bonds. The van der Waals surface area contributed by atoms with Crippen molar-refractivity contribution in [3.63, 3.8) is 0 Å². The molecule has 0 fully saturated rings. The Morgan fingerprint density at radius 2 is 2.19 bits per heavy atom. The molecular weight excluding hydrogens is 270 g/mol. The van der Waals surface area contributed by atoms with Gasteiger partial charge in [0.1, 0.15) is 6.54 Å². The standard InChI is InChI=1S/C15H19N3O3/c1-11(6-7-19)8-16-14(20)9-18-10-17-13-5-3-2-4-12(13)15(18)21/h2-5,10-11,19H,6-9H2,1H3,(H,16,20). The summed E-state index contributed by atoms with van der Waals surface area (Å²) in [6, 6.07) is 7.04. The van der Waals surface area contributed by atoms with Gasteiger partial charge in [0.2, 0.25) is 5.91 Å². The average Bonchev–Trinajstić information content (AvgIpc) is 2.49. The Balaban J connectivity index is 2.04. The maximum atomic E-state index is 12.2. The second-order valence-corrected chi connectivity index (χ2v) is 5.12. The Morgan fingerprint density at radius 3 is 2.95 bits per heavy atom. The van der Waals surface area contributed by atoms with E-state index in [4.69, 9.17) is 5.11 Å². The maximum Gasteiger partial charge on any atom is 0.261 e. The average molecular weight is 289 g/mol. The lowest BCUT2D eigenvalue weighted by molar-refractivity contribution is -0.121. The number of carbonyl (C=O) groups excluding carboxylic acids is 1. The summed E-state index contributed by atoms with van der Waals surface area (Å²) in [7, 11) is 0. The molecule has 21 heavy (non-hydrogen) atoms. The lowest BCUT2D eigenvalue weighted by Gasteiger charge is -2.12. The van der Waals surface area contributed by atoms with Crippen LogP contribution in [0.3, 0.4) is 0 Å². The van der Waals surface area contributed by atoms with Crippen molar-refractivity contribution in [1.29, 1.82) is 0 Å². The van der Waals surface area contributed by atoms with Crippen molar-refractivity contribution in [2.24, 2.45) is 5.92 Å². The molecule has 6 nitrogen and oxygen atoms in total. The first-order chi connectivity index (χ1) is 10.1. The Labute approximate surface area is 122 Å². The zero-order chi connectivity index (χ0) is 15.2. The summed E-state index contributed by atoms with van der Waals surface area (Å²) in [5.74, 6) is -0.0376. The third-order valence-electron chi connectivity index (χ3n) is 3.32. The van der Waals surface area contributed by atoms with Crippen LogP contribution in [0.15, 0.2) is 35.4 Å². The molecule has 0 radical (unpaired) electrons. The highest BCUT2D eigenvalue weighted by molar-refractivity contribution is 5.78. The Morgan fingerprint density at radius 1 is 1.43 bits per heavy atom. The van der Waals surface area contributed by atoms with Gasteiger partial charge >= 0.3 is 0 Å². The maximum absolute atomic E-state index is 12.2. The van der Waals surface area contributed by atoms with Crippen LogP contribution in [-0.2, 0) is 11.3 Å². The topological polar surface area (TPSA) is 84.2 Å². The van der Waals surface area contributed by atoms with Gasteiger partial charge in [-0.3, -0.25) is 14.2 Å². The third-order valence-corrected chi connectivity index (χ3v) is 3.32. The Hall–Kier alpha value is -2.21. The number of hydrogen-bond donors (Lipinski definition) is 2. The highest BCUT2D eigenvalue weighted by Crippen LogP contribution is 2.04. The summed E-state index contributed by atoms with van der Waals surface area (Å²) in [4.78, 5) is 28.2. The van der Waals surface area contributed by atoms with Crippen LogP contribution in [0.25, 0.3) is 10.9 Å². The molecule has 1 aromatic heterocycles. The van der Waals surface area contributed by atoms with Gasteiger partial charge in [-0.15, -0.1) is 0 Å². The van der Waals surface area contributed by atoms with Crippen molar-refractivity contribution in [3.05, 3.63) is 40.9 Å². The number of aromatic nitrogens is 2. The lowest BCUT2D eigenvalue weighted by Crippen LogP contribution is -2.34. The first-order valence-electron chi connectivity index (χ1n) is 6.93. The van der Waals surface area contributed by atoms with Crippen LogP contribution in [0.5, 0.6) is 0 Å². The Bertz CT molecular complexity index is 681. The van der Waals surface area contributed by atoms with Gasteiger partial charge in [0.25, 0.3) is 5.56 Å². The smallest absolute Gasteiger partial charge is 0.261 e. The van der Waals surface area contributed by atoms with Crippen molar-refractivity contribution >= 4 is 16.8 Å². The van der Waals surface area contributed by atoms with Gasteiger partial charge in [-0.05, 0) is 24.5 Å². The molecule has 112 valence electrons. The fourth-order valence-electron chi connectivity index (χ4n) is 2.04. The SMILES string of the molecule is CC(CCO)CNC(=O)Cn1cnc2ccccc2c1=O. The normalized spacial score (nSPS) is 12.3. The van der Waals surface area contributed by atoms with Gasteiger partial charge in [-0.2, -0.15) is 0 Å². The second kappa shape index (κ2) is 6.99. The van der Waals surface area contributed by atoms with Crippen LogP contribution < -0.4 is 10.9 Å². The van der Waals surface area contributed by atoms with E-state index >= 15 is 0 Å². The zero-order valence-electron chi connectivity index (χ0n) is 12.0. The summed E-state index contributed by atoms with van der Waals surface area (Å²) >= 11 is 0. The molecule has 0 aliphatic heterocycles. The molecule has 1 unspecified atom stereocenters. The molecule has 0 aliphatic rings. The molecule has 2 aromatic rings. The number of fused-ring (bicyclic) bond motifs is 1. The lowest BCUT2D eigenvalue weighted by atomic mass is 10.1. The number of amides is 1. The van der Waals surface area contributed by atoms with Crippen LogP contribution in [-0.4, -0.2) is 33.7 Å². The van der Waals surface area contributed by atoms with Crippen molar-refractivity contribution in [1.82, 2.24) is 14.9 Å². The van der Waals surface area contributed by atoms with Gasteiger partial charge in [0, 0.05) is 13.2 Å². The minimum atomic E-state index is -0.237. The number of hydrogen-bond acceptors (Lipinski definition) is 4. The largest absolute Gasteiger partial charge is 0.396 e. The predicted molar refractivity (Wildman–Crippen MR) is 79.9 cm³/mol. The van der Waals surface area contributed by atoms with E-state index < -0.39 is 0 Å². The molecule has 1 atom stereocenters. The molecule has 0 bridgehead atoms. The second-order valence-electron chi connectivity index (χ2n) is 5.12. The van der Waals surface area contributed by atoms with E-state index in [0.717, 1.165) is 0 Å². The number of rotatable bonds is 6. The molecule has 0 saturated carbocycles. The molecule has 0 saturated heterocycles. The number of nitrogens with one attached hydrogen (secondary N) is 1. The predicted octanol–water partition coefficient (Wildman–Crippen LogP) is 0.531. The van der Waals surface area contributed by atoms with E-state index in [-0.39, 0.29) is 30.5 Å². The molecule has 0 aliphatic carbocycles. The molecule has 2 rings (SSSR count). The van der Waals surface area contributed by atoms with Crippen molar-refractivity contribution in [2.75, 3.05) is 13.2 Å². The zero-order valence-corrected chi connectivity index (χ0v) is 12.0. The van der Waals surface area contributed by atoms with Gasteiger partial charge in [0.15, 0.2) is 0 Å². The van der Waals surface area contributed by atoms with Crippen LogP contribution in [0, 0.1) is 5.92 Å². The summed E-state index contributed by atoms with van der Waals surface area (Å²) in [6.45, 7) is 2.48. The first kappa shape index (κ1) is 15.2. The minimum Gasteiger partial charge on any atom is -0.396 e. The minimum absolute atomic E-state index is 0.0531. The van der Waals surface area contributed by atoms with Gasteiger partial charge in [-0.1, -0.05) is 19.1 Å². The molecular formula is C15H19N3O3. The quantitative estimate of drug-likeness (QED) is 0.812. The number of para-hydroxylation sites is 1. The number of benzene rings is 1. The van der Waals surface area contributed by atoms with E-state index in [9.17, 15) is 9.59 Å². The van der Waals surface area contributed by atoms with Crippen LogP contribution in [0.4, 0.5) is 0 Å². The van der Waals surface area contributed by atoms with E-state index in [2.05, 4.69) is 10.3 Å². The summed E-state index contributed by atoms with van der Waals surface area (Å²) in [6.07, 6.45) is 2.03. The fourth-order valence-corrected chi connectivity index (χ4v) is 2.04. The van der Waals surface area contributed by atoms with E-state index in [0.29, 0.717) is 23.9 Å². The molecule has 1 aromatic carbocycles. The van der Waals surface area contributed by atoms with E-state index in [1.807, 2.05) is 13.0 Å². The van der Waals surface area contributed by atoms with E-state index in [1.165, 1.54) is 10.9 Å². The molecule has 1 heterocycles.